The van der Waals surface area contributed by atoms with Crippen LogP contribution in [0, 0.1) is 11.3 Å². The number of alkyl halides is 3. The summed E-state index contributed by atoms with van der Waals surface area (Å²) in [5.74, 6) is -0.482. The van der Waals surface area contributed by atoms with Gasteiger partial charge in [0.05, 0.1) is 18.2 Å². The second kappa shape index (κ2) is 6.52. The molecule has 0 atom stereocenters. The first kappa shape index (κ1) is 16.5. The van der Waals surface area contributed by atoms with Gasteiger partial charge in [-0.05, 0) is 25.1 Å². The molecule has 1 heterocycles. The van der Waals surface area contributed by atoms with Gasteiger partial charge in [-0.15, -0.1) is 0 Å². The zero-order chi connectivity index (χ0) is 17.0. The van der Waals surface area contributed by atoms with Crippen molar-refractivity contribution in [1.29, 1.82) is 5.26 Å². The molecule has 0 saturated heterocycles. The Hall–Kier alpha value is -2.82. The fourth-order valence-electron chi connectivity index (χ4n) is 1.86. The van der Waals surface area contributed by atoms with E-state index in [0.29, 0.717) is 17.4 Å². The van der Waals surface area contributed by atoms with Gasteiger partial charge in [0.2, 0.25) is 11.8 Å². The van der Waals surface area contributed by atoms with Crippen molar-refractivity contribution in [2.24, 2.45) is 0 Å². The number of nitrogens with zero attached hydrogens (tertiary/aromatic N) is 4. The van der Waals surface area contributed by atoms with Gasteiger partial charge in [0.25, 0.3) is 0 Å². The van der Waals surface area contributed by atoms with Crippen LogP contribution in [0.5, 0.6) is 5.88 Å². The van der Waals surface area contributed by atoms with Gasteiger partial charge >= 0.3 is 6.18 Å². The summed E-state index contributed by atoms with van der Waals surface area (Å²) in [4.78, 5) is 9.08. The molecule has 0 saturated carbocycles. The van der Waals surface area contributed by atoms with Crippen LogP contribution in [0.4, 0.5) is 24.8 Å². The summed E-state index contributed by atoms with van der Waals surface area (Å²) in [6.07, 6.45) is -3.90. The fraction of sp³-hybridized carbons (Fsp3) is 0.267. The minimum absolute atomic E-state index is 0.0385. The molecule has 23 heavy (non-hydrogen) atoms. The molecule has 120 valence electrons. The van der Waals surface area contributed by atoms with E-state index in [0.717, 1.165) is 0 Å². The maximum absolute atomic E-state index is 12.9. The molecule has 0 aliphatic carbocycles. The third-order valence-electron chi connectivity index (χ3n) is 2.99. The Bertz CT molecular complexity index is 740. The average Bonchev–Trinajstić information content (AvgIpc) is 2.53. The lowest BCUT2D eigenvalue weighted by Gasteiger charge is -2.19. The largest absolute Gasteiger partial charge is 0.477 e. The van der Waals surface area contributed by atoms with E-state index in [1.165, 1.54) is 4.90 Å². The first-order valence-electron chi connectivity index (χ1n) is 6.67. The van der Waals surface area contributed by atoms with Crippen LogP contribution in [0.3, 0.4) is 0 Å². The Kier molecular flexibility index (Phi) is 4.69. The van der Waals surface area contributed by atoms with Gasteiger partial charge in [0.15, 0.2) is 0 Å². The predicted octanol–water partition coefficient (Wildman–Crippen LogP) is 3.53. The number of rotatable bonds is 4. The Morgan fingerprint density at radius 2 is 2.09 bits per heavy atom. The number of ether oxygens (including phenoxy) is 1. The molecule has 1 aromatic carbocycles. The zero-order valence-electron chi connectivity index (χ0n) is 12.4. The fourth-order valence-corrected chi connectivity index (χ4v) is 1.86. The molecule has 8 heteroatoms. The summed E-state index contributed by atoms with van der Waals surface area (Å²) in [6.45, 7) is 1.62. The highest BCUT2D eigenvalue weighted by atomic mass is 19.4. The van der Waals surface area contributed by atoms with E-state index < -0.39 is 17.6 Å². The van der Waals surface area contributed by atoms with Crippen molar-refractivity contribution in [2.75, 3.05) is 18.6 Å². The molecule has 0 fully saturated rings. The molecular formula is C15H13F3N4O. The van der Waals surface area contributed by atoms with E-state index in [1.54, 1.807) is 38.2 Å². The van der Waals surface area contributed by atoms with E-state index >= 15 is 0 Å². The van der Waals surface area contributed by atoms with Crippen molar-refractivity contribution in [3.05, 3.63) is 41.6 Å². The number of hydrogen-bond donors (Lipinski definition) is 0. The average molecular weight is 322 g/mol. The highest BCUT2D eigenvalue weighted by Gasteiger charge is 2.36. The van der Waals surface area contributed by atoms with E-state index in [4.69, 9.17) is 10.00 Å². The quantitative estimate of drug-likeness (QED) is 0.861. The molecule has 2 aromatic rings. The predicted molar refractivity (Wildman–Crippen MR) is 77.4 cm³/mol. The lowest BCUT2D eigenvalue weighted by Crippen LogP contribution is -2.17. The van der Waals surface area contributed by atoms with Crippen molar-refractivity contribution in [3.8, 4) is 11.9 Å². The lowest BCUT2D eigenvalue weighted by molar-refractivity contribution is -0.139. The molecule has 0 N–H and O–H groups in total. The summed E-state index contributed by atoms with van der Waals surface area (Å²) < 4.78 is 43.7. The molecule has 0 aliphatic heterocycles. The highest BCUT2D eigenvalue weighted by Crippen LogP contribution is 2.36. The first-order chi connectivity index (χ1) is 10.9. The lowest BCUT2D eigenvalue weighted by atomic mass is 10.2. The van der Waals surface area contributed by atoms with E-state index in [-0.39, 0.29) is 12.6 Å². The Balaban J connectivity index is 2.43. The van der Waals surface area contributed by atoms with Crippen LogP contribution in [-0.4, -0.2) is 23.6 Å². The summed E-state index contributed by atoms with van der Waals surface area (Å²) >= 11 is 0. The second-order valence-electron chi connectivity index (χ2n) is 4.54. The van der Waals surface area contributed by atoms with Crippen LogP contribution < -0.4 is 9.64 Å². The van der Waals surface area contributed by atoms with Gasteiger partial charge in [-0.1, -0.05) is 6.07 Å². The smallest absolute Gasteiger partial charge is 0.423 e. The van der Waals surface area contributed by atoms with Gasteiger partial charge in [-0.25, -0.2) is 4.98 Å². The van der Waals surface area contributed by atoms with Gasteiger partial charge in [-0.2, -0.15) is 23.4 Å². The summed E-state index contributed by atoms with van der Waals surface area (Å²) in [6, 6.07) is 8.56. The molecule has 0 unspecified atom stereocenters. The second-order valence-corrected chi connectivity index (χ2v) is 4.54. The SMILES string of the molecule is CCOc1nc(N(C)c2cccc(C#N)c2)ncc1C(F)(F)F. The monoisotopic (exact) mass is 322 g/mol. The molecule has 0 amide bonds. The third-order valence-corrected chi connectivity index (χ3v) is 2.99. The minimum atomic E-state index is -4.59. The van der Waals surface area contributed by atoms with Gasteiger partial charge < -0.3 is 9.64 Å². The number of benzene rings is 1. The number of nitriles is 1. The highest BCUT2D eigenvalue weighted by molar-refractivity contribution is 5.59. The van der Waals surface area contributed by atoms with Crippen molar-refractivity contribution in [1.82, 2.24) is 9.97 Å². The maximum atomic E-state index is 12.9. The molecule has 0 spiro atoms. The number of aromatic nitrogens is 2. The summed E-state index contributed by atoms with van der Waals surface area (Å²) in [5.41, 5.74) is -0.0279. The summed E-state index contributed by atoms with van der Waals surface area (Å²) in [5, 5.41) is 8.91. The van der Waals surface area contributed by atoms with E-state index in [1.807, 2.05) is 6.07 Å². The van der Waals surface area contributed by atoms with E-state index in [2.05, 4.69) is 9.97 Å². The first-order valence-corrected chi connectivity index (χ1v) is 6.67. The number of anilines is 2. The normalized spacial score (nSPS) is 11.0. The van der Waals surface area contributed by atoms with Crippen LogP contribution in [0.1, 0.15) is 18.1 Å². The minimum Gasteiger partial charge on any atom is -0.477 e. The van der Waals surface area contributed by atoms with Crippen LogP contribution in [0.15, 0.2) is 30.5 Å². The van der Waals surface area contributed by atoms with Crippen LogP contribution in [-0.2, 0) is 6.18 Å². The number of halogens is 3. The van der Waals surface area contributed by atoms with Gasteiger partial charge in [0, 0.05) is 18.9 Å². The van der Waals surface area contributed by atoms with Crippen LogP contribution >= 0.6 is 0 Å². The summed E-state index contributed by atoms with van der Waals surface area (Å²) in [7, 11) is 1.59. The Labute approximate surface area is 131 Å². The van der Waals surface area contributed by atoms with Crippen molar-refractivity contribution in [2.45, 2.75) is 13.1 Å². The van der Waals surface area contributed by atoms with Gasteiger partial charge in [0.1, 0.15) is 5.56 Å². The number of hydrogen-bond acceptors (Lipinski definition) is 5. The van der Waals surface area contributed by atoms with Crippen molar-refractivity contribution in [3.63, 3.8) is 0 Å². The molecule has 5 nitrogen and oxygen atoms in total. The third kappa shape index (κ3) is 3.69. The topological polar surface area (TPSA) is 62.0 Å². The zero-order valence-corrected chi connectivity index (χ0v) is 12.4. The Morgan fingerprint density at radius 3 is 2.70 bits per heavy atom. The molecular weight excluding hydrogens is 309 g/mol. The molecule has 0 bridgehead atoms. The van der Waals surface area contributed by atoms with Gasteiger partial charge in [-0.3, -0.25) is 0 Å². The van der Waals surface area contributed by atoms with Crippen molar-refractivity contribution < 1.29 is 17.9 Å². The molecule has 0 aliphatic rings. The molecule has 1 aromatic heterocycles. The molecule has 0 radical (unpaired) electrons. The van der Waals surface area contributed by atoms with Crippen LogP contribution in [0.25, 0.3) is 0 Å². The standard InChI is InChI=1S/C15H13F3N4O/c1-3-23-13-12(15(16,17)18)9-20-14(21-13)22(2)11-6-4-5-10(7-11)8-19/h4-7,9H,3H2,1-2H3. The van der Waals surface area contributed by atoms with E-state index in [9.17, 15) is 13.2 Å². The van der Waals surface area contributed by atoms with Crippen molar-refractivity contribution >= 4 is 11.6 Å². The molecule has 2 rings (SSSR count). The maximum Gasteiger partial charge on any atom is 0.423 e. The Morgan fingerprint density at radius 1 is 1.35 bits per heavy atom. The van der Waals surface area contributed by atoms with Crippen LogP contribution in [0.2, 0.25) is 0 Å².